The van der Waals surface area contributed by atoms with Gasteiger partial charge in [-0.1, -0.05) is 0 Å². The van der Waals surface area contributed by atoms with E-state index in [0.29, 0.717) is 18.7 Å². The Bertz CT molecular complexity index is 399. The predicted octanol–water partition coefficient (Wildman–Crippen LogP) is -0.584. The van der Waals surface area contributed by atoms with Crippen molar-refractivity contribution in [1.29, 1.82) is 0 Å². The maximum Gasteiger partial charge on any atom is 0.345 e. The Hall–Kier alpha value is -1.49. The molecule has 1 unspecified atom stereocenters. The third-order valence-corrected chi connectivity index (χ3v) is 2.36. The molecule has 0 radical (unpaired) electrons. The maximum atomic E-state index is 11.5. The van der Waals surface area contributed by atoms with Crippen LogP contribution in [0.2, 0.25) is 0 Å². The highest BCUT2D eigenvalue weighted by Gasteiger charge is 2.24. The Morgan fingerprint density at radius 2 is 2.29 bits per heavy atom. The number of hydrogen-bond donors (Lipinski definition) is 2. The van der Waals surface area contributed by atoms with Gasteiger partial charge in [0.15, 0.2) is 0 Å². The van der Waals surface area contributed by atoms with Gasteiger partial charge in [-0.25, -0.2) is 9.78 Å². The van der Waals surface area contributed by atoms with E-state index in [1.54, 1.807) is 6.07 Å². The molecule has 1 aromatic heterocycles. The number of nitrogens with one attached hydrogen (secondary N) is 2. The monoisotopic (exact) mass is 193 g/mol. The zero-order valence-corrected chi connectivity index (χ0v) is 7.62. The first-order valence-electron chi connectivity index (χ1n) is 4.56. The van der Waals surface area contributed by atoms with Crippen molar-refractivity contribution in [1.82, 2.24) is 15.3 Å². The van der Waals surface area contributed by atoms with Gasteiger partial charge < -0.3 is 10.3 Å². The summed E-state index contributed by atoms with van der Waals surface area (Å²) >= 11 is 0. The number of H-pyrrole nitrogens is 1. The van der Waals surface area contributed by atoms with Crippen LogP contribution in [0.3, 0.4) is 0 Å². The summed E-state index contributed by atoms with van der Waals surface area (Å²) in [6, 6.07) is 1.68. The van der Waals surface area contributed by atoms with Gasteiger partial charge in [-0.15, -0.1) is 0 Å². The first-order valence-corrected chi connectivity index (χ1v) is 4.56. The molecule has 1 atom stereocenters. The normalized spacial score (nSPS) is 22.3. The van der Waals surface area contributed by atoms with Crippen molar-refractivity contribution in [3.8, 4) is 0 Å². The Labute approximate surface area is 80.6 Å². The van der Waals surface area contributed by atoms with Crippen molar-refractivity contribution in [3.63, 3.8) is 0 Å². The quantitative estimate of drug-likeness (QED) is 0.625. The molecule has 1 saturated heterocycles. The van der Waals surface area contributed by atoms with Crippen molar-refractivity contribution in [2.24, 2.45) is 0 Å². The third kappa shape index (κ3) is 1.72. The average Bonchev–Trinajstić information content (AvgIpc) is 2.18. The number of aromatic nitrogens is 2. The largest absolute Gasteiger partial charge is 0.345 e. The van der Waals surface area contributed by atoms with Gasteiger partial charge in [-0.05, 0) is 6.07 Å². The van der Waals surface area contributed by atoms with Gasteiger partial charge in [0.25, 0.3) is 0 Å². The van der Waals surface area contributed by atoms with E-state index in [-0.39, 0.29) is 11.7 Å². The van der Waals surface area contributed by atoms with E-state index >= 15 is 0 Å². The van der Waals surface area contributed by atoms with Crippen LogP contribution in [0.25, 0.3) is 0 Å². The lowest BCUT2D eigenvalue weighted by atomic mass is 9.94. The van der Waals surface area contributed by atoms with Gasteiger partial charge in [-0.2, -0.15) is 0 Å². The molecule has 1 aliphatic rings. The van der Waals surface area contributed by atoms with E-state index in [0.717, 1.165) is 6.54 Å². The van der Waals surface area contributed by atoms with Gasteiger partial charge in [0, 0.05) is 31.4 Å². The van der Waals surface area contributed by atoms with Crippen LogP contribution in [0, 0.1) is 0 Å². The van der Waals surface area contributed by atoms with E-state index in [1.165, 1.54) is 6.20 Å². The lowest BCUT2D eigenvalue weighted by molar-refractivity contribution is -0.121. The number of carbonyl (C=O) groups excluding carboxylic acids is 1. The van der Waals surface area contributed by atoms with E-state index in [2.05, 4.69) is 15.3 Å². The predicted molar refractivity (Wildman–Crippen MR) is 50.1 cm³/mol. The second-order valence-corrected chi connectivity index (χ2v) is 3.30. The number of carbonyl (C=O) groups is 1. The van der Waals surface area contributed by atoms with Crippen LogP contribution in [0.4, 0.5) is 0 Å². The molecule has 1 fully saturated rings. The molecule has 1 aliphatic heterocycles. The van der Waals surface area contributed by atoms with Gasteiger partial charge >= 0.3 is 5.69 Å². The summed E-state index contributed by atoms with van der Waals surface area (Å²) in [7, 11) is 0. The van der Waals surface area contributed by atoms with Crippen molar-refractivity contribution in [3.05, 3.63) is 28.4 Å². The summed E-state index contributed by atoms with van der Waals surface area (Å²) in [6.07, 6.45) is 1.95. The average molecular weight is 193 g/mol. The molecule has 0 bridgehead atoms. The van der Waals surface area contributed by atoms with Crippen LogP contribution < -0.4 is 11.0 Å². The molecule has 0 aromatic carbocycles. The second kappa shape index (κ2) is 3.71. The number of rotatable bonds is 1. The number of nitrogens with zero attached hydrogens (tertiary/aromatic N) is 1. The molecule has 2 N–H and O–H groups in total. The molecule has 0 saturated carbocycles. The topological polar surface area (TPSA) is 74.8 Å². The van der Waals surface area contributed by atoms with E-state index in [9.17, 15) is 9.59 Å². The highest BCUT2D eigenvalue weighted by molar-refractivity contribution is 5.86. The molecule has 2 rings (SSSR count). The Morgan fingerprint density at radius 1 is 1.43 bits per heavy atom. The molecule has 5 nitrogen and oxygen atoms in total. The molecule has 5 heteroatoms. The number of hydrogen-bond acceptors (Lipinski definition) is 4. The molecule has 2 heterocycles. The number of ketones is 1. The van der Waals surface area contributed by atoms with E-state index in [1.807, 2.05) is 0 Å². The Morgan fingerprint density at radius 3 is 3.00 bits per heavy atom. The van der Waals surface area contributed by atoms with Crippen LogP contribution in [0.5, 0.6) is 0 Å². The molecule has 14 heavy (non-hydrogen) atoms. The smallest absolute Gasteiger partial charge is 0.315 e. The maximum absolute atomic E-state index is 11.5. The summed E-state index contributed by atoms with van der Waals surface area (Å²) in [6.45, 7) is 1.32. The summed E-state index contributed by atoms with van der Waals surface area (Å²) in [5.41, 5.74) is 0.253. The molecule has 1 aromatic rings. The fourth-order valence-electron chi connectivity index (χ4n) is 1.62. The molecule has 0 spiro atoms. The van der Waals surface area contributed by atoms with Gasteiger partial charge in [0.2, 0.25) is 0 Å². The molecule has 0 amide bonds. The fraction of sp³-hybridized carbons (Fsp3) is 0.444. The van der Waals surface area contributed by atoms with Crippen molar-refractivity contribution in [2.45, 2.75) is 12.3 Å². The minimum absolute atomic E-state index is 0.172. The second-order valence-electron chi connectivity index (χ2n) is 3.30. The zero-order valence-electron chi connectivity index (χ0n) is 7.62. The fourth-order valence-corrected chi connectivity index (χ4v) is 1.62. The standard InChI is InChI=1S/C9H11N3O2/c13-8-2-3-10-5-6(8)7-1-4-11-9(14)12-7/h1,4,6,10H,2-3,5H2,(H,11,12,14). The Balaban J connectivity index is 2.29. The highest BCUT2D eigenvalue weighted by Crippen LogP contribution is 2.16. The molecular formula is C9H11N3O2. The van der Waals surface area contributed by atoms with Crippen LogP contribution in [-0.2, 0) is 4.79 Å². The molecular weight excluding hydrogens is 182 g/mol. The van der Waals surface area contributed by atoms with Crippen molar-refractivity contribution in [2.75, 3.05) is 13.1 Å². The number of aromatic amines is 1. The Kier molecular flexibility index (Phi) is 2.41. The zero-order chi connectivity index (χ0) is 9.97. The highest BCUT2D eigenvalue weighted by atomic mass is 16.1. The van der Waals surface area contributed by atoms with E-state index in [4.69, 9.17) is 0 Å². The first kappa shape index (κ1) is 9.08. The third-order valence-electron chi connectivity index (χ3n) is 2.36. The van der Waals surface area contributed by atoms with Gasteiger partial charge in [-0.3, -0.25) is 4.79 Å². The first-order chi connectivity index (χ1) is 6.77. The van der Waals surface area contributed by atoms with Gasteiger partial charge in [0.05, 0.1) is 5.92 Å². The van der Waals surface area contributed by atoms with Crippen molar-refractivity contribution < 1.29 is 4.79 Å². The van der Waals surface area contributed by atoms with Gasteiger partial charge in [0.1, 0.15) is 5.78 Å². The summed E-state index contributed by atoms with van der Waals surface area (Å²) in [5, 5.41) is 3.12. The lowest BCUT2D eigenvalue weighted by Gasteiger charge is -2.21. The SMILES string of the molecule is O=C1CCNCC1c1ccnc(=O)[nH]1. The summed E-state index contributed by atoms with van der Waals surface area (Å²) in [4.78, 5) is 28.6. The molecule has 0 aliphatic carbocycles. The summed E-state index contributed by atoms with van der Waals surface area (Å²) in [5.74, 6) is -0.0509. The van der Waals surface area contributed by atoms with Crippen molar-refractivity contribution >= 4 is 5.78 Å². The number of piperidine rings is 1. The lowest BCUT2D eigenvalue weighted by Crippen LogP contribution is -2.36. The van der Waals surface area contributed by atoms with Crippen LogP contribution in [-0.4, -0.2) is 28.8 Å². The van der Waals surface area contributed by atoms with Crippen LogP contribution in [0.15, 0.2) is 17.1 Å². The number of Topliss-reactive ketones (excluding diaryl/α,β-unsaturated/α-hetero) is 1. The molecule has 74 valence electrons. The summed E-state index contributed by atoms with van der Waals surface area (Å²) < 4.78 is 0. The minimum atomic E-state index is -0.402. The van der Waals surface area contributed by atoms with E-state index < -0.39 is 5.69 Å². The van der Waals surface area contributed by atoms with Crippen LogP contribution in [0.1, 0.15) is 18.0 Å². The minimum Gasteiger partial charge on any atom is -0.315 e. The van der Waals surface area contributed by atoms with Crippen LogP contribution >= 0.6 is 0 Å².